The van der Waals surface area contributed by atoms with Crippen LogP contribution in [-0.4, -0.2) is 42.0 Å². The molecular formula is C17H19ClFN3O2. The van der Waals surface area contributed by atoms with Gasteiger partial charge in [-0.05, 0) is 35.9 Å². The van der Waals surface area contributed by atoms with Crippen LogP contribution >= 0.6 is 12.4 Å². The Morgan fingerprint density at radius 3 is 2.83 bits per heavy atom. The molecule has 1 aliphatic rings. The van der Waals surface area contributed by atoms with Crippen molar-refractivity contribution < 1.29 is 13.9 Å². The number of nitrogens with one attached hydrogen (secondary N) is 1. The number of ether oxygens (including phenoxy) is 1. The van der Waals surface area contributed by atoms with Gasteiger partial charge in [0, 0.05) is 32.0 Å². The first-order valence-electron chi connectivity index (χ1n) is 7.52. The van der Waals surface area contributed by atoms with E-state index in [9.17, 15) is 9.18 Å². The van der Waals surface area contributed by atoms with Crippen molar-refractivity contribution in [2.24, 2.45) is 0 Å². The lowest BCUT2D eigenvalue weighted by atomic mass is 10.1. The lowest BCUT2D eigenvalue weighted by Crippen LogP contribution is -2.50. The second kappa shape index (κ2) is 8.61. The summed E-state index contributed by atoms with van der Waals surface area (Å²) in [5.74, 6) is 0.0555. The maximum Gasteiger partial charge on any atom is 0.261 e. The van der Waals surface area contributed by atoms with Gasteiger partial charge in [-0.2, -0.15) is 0 Å². The van der Waals surface area contributed by atoms with Crippen molar-refractivity contribution in [3.63, 3.8) is 0 Å². The largest absolute Gasteiger partial charge is 0.484 e. The van der Waals surface area contributed by atoms with Gasteiger partial charge in [0.15, 0.2) is 6.61 Å². The van der Waals surface area contributed by atoms with E-state index in [0.29, 0.717) is 18.8 Å². The molecule has 1 saturated heterocycles. The van der Waals surface area contributed by atoms with E-state index >= 15 is 0 Å². The quantitative estimate of drug-likeness (QED) is 0.917. The van der Waals surface area contributed by atoms with E-state index in [0.717, 1.165) is 12.1 Å². The van der Waals surface area contributed by atoms with Crippen LogP contribution in [-0.2, 0) is 4.79 Å². The summed E-state index contributed by atoms with van der Waals surface area (Å²) in [7, 11) is 0. The molecule has 1 fully saturated rings. The van der Waals surface area contributed by atoms with Crippen LogP contribution in [0.1, 0.15) is 11.6 Å². The van der Waals surface area contributed by atoms with Gasteiger partial charge >= 0.3 is 0 Å². The second-order valence-electron chi connectivity index (χ2n) is 5.34. The zero-order valence-corrected chi connectivity index (χ0v) is 13.8. The number of benzene rings is 1. The molecule has 0 radical (unpaired) electrons. The number of pyridine rings is 1. The van der Waals surface area contributed by atoms with Crippen LogP contribution in [0.15, 0.2) is 48.8 Å². The Hall–Kier alpha value is -2.18. The van der Waals surface area contributed by atoms with Gasteiger partial charge < -0.3 is 15.0 Å². The average molecular weight is 352 g/mol. The number of carbonyl (C=O) groups excluding carboxylic acids is 1. The summed E-state index contributed by atoms with van der Waals surface area (Å²) in [6.45, 7) is 1.99. The lowest BCUT2D eigenvalue weighted by Gasteiger charge is -2.36. The minimum Gasteiger partial charge on any atom is -0.484 e. The van der Waals surface area contributed by atoms with Crippen molar-refractivity contribution >= 4 is 18.3 Å². The van der Waals surface area contributed by atoms with Gasteiger partial charge in [0.2, 0.25) is 0 Å². The highest BCUT2D eigenvalue weighted by Gasteiger charge is 2.28. The number of carbonyl (C=O) groups is 1. The number of hydrogen-bond acceptors (Lipinski definition) is 4. The van der Waals surface area contributed by atoms with E-state index < -0.39 is 0 Å². The monoisotopic (exact) mass is 351 g/mol. The Bertz CT molecular complexity index is 655. The summed E-state index contributed by atoms with van der Waals surface area (Å²) in [5.41, 5.74) is 0.995. The van der Waals surface area contributed by atoms with E-state index in [2.05, 4.69) is 10.3 Å². The fourth-order valence-electron chi connectivity index (χ4n) is 2.63. The number of piperazine rings is 1. The maximum atomic E-state index is 12.9. The Morgan fingerprint density at radius 1 is 1.33 bits per heavy atom. The Morgan fingerprint density at radius 2 is 2.12 bits per heavy atom. The van der Waals surface area contributed by atoms with Gasteiger partial charge in [0.05, 0.1) is 6.04 Å². The fourth-order valence-corrected chi connectivity index (χ4v) is 2.63. The van der Waals surface area contributed by atoms with Gasteiger partial charge in [-0.25, -0.2) is 4.39 Å². The van der Waals surface area contributed by atoms with Crippen molar-refractivity contribution in [1.29, 1.82) is 0 Å². The molecule has 2 heterocycles. The van der Waals surface area contributed by atoms with Crippen LogP contribution in [0, 0.1) is 5.82 Å². The van der Waals surface area contributed by atoms with Gasteiger partial charge in [-0.15, -0.1) is 12.4 Å². The summed E-state index contributed by atoms with van der Waals surface area (Å²) >= 11 is 0. The maximum absolute atomic E-state index is 12.9. The first-order valence-corrected chi connectivity index (χ1v) is 7.52. The zero-order valence-electron chi connectivity index (χ0n) is 13.0. The van der Waals surface area contributed by atoms with Gasteiger partial charge in [0.1, 0.15) is 11.6 Å². The fraction of sp³-hybridized carbons (Fsp3) is 0.294. The number of hydrogen-bond donors (Lipinski definition) is 1. The van der Waals surface area contributed by atoms with E-state index in [1.807, 2.05) is 12.1 Å². The minimum absolute atomic E-state index is 0. The summed E-state index contributed by atoms with van der Waals surface area (Å²) in [6.07, 6.45) is 3.49. The van der Waals surface area contributed by atoms with Gasteiger partial charge in [-0.1, -0.05) is 6.07 Å². The van der Waals surface area contributed by atoms with Crippen molar-refractivity contribution in [2.45, 2.75) is 6.04 Å². The van der Waals surface area contributed by atoms with E-state index in [4.69, 9.17) is 4.74 Å². The average Bonchev–Trinajstić information content (AvgIpc) is 2.62. The van der Waals surface area contributed by atoms with E-state index in [1.54, 1.807) is 17.3 Å². The van der Waals surface area contributed by atoms with Crippen LogP contribution in [0.25, 0.3) is 0 Å². The van der Waals surface area contributed by atoms with Crippen molar-refractivity contribution in [3.05, 3.63) is 60.2 Å². The number of aromatic nitrogens is 1. The molecule has 24 heavy (non-hydrogen) atoms. The highest BCUT2D eigenvalue weighted by Crippen LogP contribution is 2.21. The molecule has 2 aromatic rings. The third-order valence-electron chi connectivity index (χ3n) is 3.81. The summed E-state index contributed by atoms with van der Waals surface area (Å²) in [4.78, 5) is 18.4. The number of amides is 1. The smallest absolute Gasteiger partial charge is 0.261 e. The molecule has 3 rings (SSSR count). The summed E-state index contributed by atoms with van der Waals surface area (Å²) in [5, 5.41) is 3.29. The molecule has 0 aliphatic carbocycles. The molecule has 128 valence electrons. The molecule has 0 saturated carbocycles. The number of halogens is 2. The van der Waals surface area contributed by atoms with Crippen LogP contribution in [0.5, 0.6) is 5.75 Å². The molecule has 0 bridgehead atoms. The molecule has 1 aliphatic heterocycles. The molecule has 5 nitrogen and oxygen atoms in total. The van der Waals surface area contributed by atoms with Crippen molar-refractivity contribution in [2.75, 3.05) is 26.2 Å². The van der Waals surface area contributed by atoms with E-state index in [-0.39, 0.29) is 36.8 Å². The third-order valence-corrected chi connectivity index (χ3v) is 3.81. The van der Waals surface area contributed by atoms with E-state index in [1.165, 1.54) is 24.3 Å². The molecule has 1 aromatic carbocycles. The van der Waals surface area contributed by atoms with Crippen molar-refractivity contribution in [1.82, 2.24) is 15.2 Å². The second-order valence-corrected chi connectivity index (χ2v) is 5.34. The molecule has 1 aromatic heterocycles. The summed E-state index contributed by atoms with van der Waals surface area (Å²) in [6, 6.07) is 9.42. The van der Waals surface area contributed by atoms with Gasteiger partial charge in [0.25, 0.3) is 5.91 Å². The molecule has 7 heteroatoms. The van der Waals surface area contributed by atoms with Crippen LogP contribution in [0.3, 0.4) is 0 Å². The van der Waals surface area contributed by atoms with Crippen LogP contribution in [0.2, 0.25) is 0 Å². The Labute approximate surface area is 146 Å². The number of rotatable bonds is 4. The predicted octanol–water partition coefficient (Wildman–Crippen LogP) is 2.19. The normalized spacial score (nSPS) is 17.0. The van der Waals surface area contributed by atoms with Crippen molar-refractivity contribution in [3.8, 4) is 5.75 Å². The Balaban J connectivity index is 0.00000208. The summed E-state index contributed by atoms with van der Waals surface area (Å²) < 4.78 is 18.3. The van der Waals surface area contributed by atoms with Crippen LogP contribution in [0.4, 0.5) is 4.39 Å². The molecule has 0 spiro atoms. The molecule has 1 unspecified atom stereocenters. The number of nitrogens with zero attached hydrogens (tertiary/aromatic N) is 2. The zero-order chi connectivity index (χ0) is 16.1. The topological polar surface area (TPSA) is 54.5 Å². The van der Waals surface area contributed by atoms with Gasteiger partial charge in [-0.3, -0.25) is 9.78 Å². The lowest BCUT2D eigenvalue weighted by molar-refractivity contribution is -0.136. The third kappa shape index (κ3) is 4.43. The first kappa shape index (κ1) is 18.2. The molecule has 1 atom stereocenters. The SMILES string of the molecule is Cl.O=C(COc1ccc(F)cc1)N1CCNCC1c1cccnc1. The van der Waals surface area contributed by atoms with Crippen LogP contribution < -0.4 is 10.1 Å². The Kier molecular flexibility index (Phi) is 6.52. The highest BCUT2D eigenvalue weighted by molar-refractivity contribution is 5.85. The molecule has 1 amide bonds. The highest BCUT2D eigenvalue weighted by atomic mass is 35.5. The predicted molar refractivity (Wildman–Crippen MR) is 90.7 cm³/mol. The first-order chi connectivity index (χ1) is 11.2. The standard InChI is InChI=1S/C17H18FN3O2.ClH/c18-14-3-5-15(6-4-14)23-12-17(22)21-9-8-20-11-16(21)13-2-1-7-19-10-13;/h1-7,10,16,20H,8-9,11-12H2;1H. The molecule has 1 N–H and O–H groups in total. The molecular weight excluding hydrogens is 333 g/mol. The minimum atomic E-state index is -0.331.